The third-order valence-corrected chi connectivity index (χ3v) is 15.4. The molecule has 16 heteroatoms. The number of likely N-dealkylation sites (tertiary alicyclic amines) is 1. The molecule has 4 aliphatic rings. The van der Waals surface area contributed by atoms with E-state index < -0.39 is 27.6 Å². The number of methoxy groups -OCH3 is 1. The van der Waals surface area contributed by atoms with Crippen molar-refractivity contribution in [2.24, 2.45) is 10.8 Å². The van der Waals surface area contributed by atoms with Crippen LogP contribution in [0.4, 0.5) is 16.2 Å². The van der Waals surface area contributed by atoms with Gasteiger partial charge in [0.25, 0.3) is 0 Å². The maximum Gasteiger partial charge on any atom is 0.407 e. The molecule has 1 saturated carbocycles. The molecule has 1 aliphatic carbocycles. The summed E-state index contributed by atoms with van der Waals surface area (Å²) in [6.07, 6.45) is 12.3. The number of carbonyl (C=O) groups is 3. The van der Waals surface area contributed by atoms with Crippen molar-refractivity contribution in [2.45, 2.75) is 91.1 Å². The highest BCUT2D eigenvalue weighted by Gasteiger charge is 2.52. The lowest BCUT2D eigenvalue weighted by atomic mass is 9.76. The number of amides is 1. The minimum Gasteiger partial charge on any atom is -0.465 e. The van der Waals surface area contributed by atoms with Crippen LogP contribution in [-0.4, -0.2) is 178 Å². The number of aldehydes is 1. The standard InChI is InChI=1S/C50H77N7O8S/c1-10-57-44-14-13-38(53(21-22-58)16-15-45(56-30-50(31-56)33-63-34-50)43(29-59)52-48(61)64-23-24-66(7,8)9)25-40(44)42(27-49(4,5)32-65-36(3)60)47(57)41-26-39(28-51-46(41)35(2)62-6)55-19-17-54(18-20-55)37-11-12-37/h13-14,25-26,28-29,35,37,43,45,58H,10-12,15-24,27,30-34H2,1-9H3,(H,52,61). The molecule has 2 aromatic heterocycles. The molecule has 1 amide bonds. The smallest absolute Gasteiger partial charge is 0.407 e. The summed E-state index contributed by atoms with van der Waals surface area (Å²) >= 11 is 0. The molecule has 3 atom stereocenters. The van der Waals surface area contributed by atoms with E-state index in [1.807, 2.05) is 13.1 Å². The van der Waals surface area contributed by atoms with Gasteiger partial charge >= 0.3 is 12.1 Å². The second-order valence-electron chi connectivity index (χ2n) is 20.9. The molecule has 4 fully saturated rings. The summed E-state index contributed by atoms with van der Waals surface area (Å²) in [5.41, 5.74) is 6.85. The van der Waals surface area contributed by atoms with E-state index >= 15 is 0 Å². The Balaban J connectivity index is 1.25. The van der Waals surface area contributed by atoms with Crippen LogP contribution in [0.3, 0.4) is 0 Å². The summed E-state index contributed by atoms with van der Waals surface area (Å²) in [4.78, 5) is 52.8. The Morgan fingerprint density at radius 3 is 2.41 bits per heavy atom. The summed E-state index contributed by atoms with van der Waals surface area (Å²) in [5.74, 6) is 0.475. The van der Waals surface area contributed by atoms with E-state index in [0.717, 1.165) is 102 Å². The van der Waals surface area contributed by atoms with Crippen LogP contribution < -0.4 is 15.1 Å². The minimum atomic E-state index is -0.852. The first-order valence-electron chi connectivity index (χ1n) is 24.0. The van der Waals surface area contributed by atoms with Crippen LogP contribution in [0.15, 0.2) is 30.5 Å². The third kappa shape index (κ3) is 11.8. The van der Waals surface area contributed by atoms with Crippen LogP contribution >= 0.6 is 10.0 Å². The van der Waals surface area contributed by atoms with Crippen molar-refractivity contribution in [3.63, 3.8) is 0 Å². The van der Waals surface area contributed by atoms with Crippen molar-refractivity contribution >= 4 is 50.7 Å². The lowest BCUT2D eigenvalue weighted by Crippen LogP contribution is -2.71. The second kappa shape index (κ2) is 21.2. The Kier molecular flexibility index (Phi) is 16.0. The van der Waals surface area contributed by atoms with Gasteiger partial charge in [-0.3, -0.25) is 19.6 Å². The average Bonchev–Trinajstić information content (AvgIpc) is 4.06. The molecule has 0 radical (unpaired) electrons. The van der Waals surface area contributed by atoms with Gasteiger partial charge in [0.05, 0.1) is 55.8 Å². The molecule has 0 bridgehead atoms. The van der Waals surface area contributed by atoms with E-state index in [0.29, 0.717) is 52.3 Å². The largest absolute Gasteiger partial charge is 0.465 e. The Hall–Kier alpha value is -3.93. The normalized spacial score (nSPS) is 19.5. The van der Waals surface area contributed by atoms with Gasteiger partial charge in [0.1, 0.15) is 18.9 Å². The Labute approximate surface area is 394 Å². The molecule has 5 heterocycles. The number of aryl methyl sites for hydroxylation is 1. The molecule has 66 heavy (non-hydrogen) atoms. The fourth-order valence-electron chi connectivity index (χ4n) is 10.1. The number of pyridine rings is 1. The first kappa shape index (κ1) is 50.0. The number of aliphatic hydroxyl groups excluding tert-OH is 1. The summed E-state index contributed by atoms with van der Waals surface area (Å²) < 4.78 is 25.2. The van der Waals surface area contributed by atoms with Gasteiger partial charge in [-0.1, -0.05) is 13.8 Å². The predicted molar refractivity (Wildman–Crippen MR) is 264 cm³/mol. The highest BCUT2D eigenvalue weighted by atomic mass is 32.3. The van der Waals surface area contributed by atoms with Gasteiger partial charge in [-0.2, -0.15) is 0 Å². The molecule has 3 saturated heterocycles. The molecule has 15 nitrogen and oxygen atoms in total. The number of hydrogen-bond donors (Lipinski definition) is 2. The molecule has 3 aliphatic heterocycles. The molecular weight excluding hydrogens is 859 g/mol. The Morgan fingerprint density at radius 1 is 1.09 bits per heavy atom. The first-order valence-corrected chi connectivity index (χ1v) is 27.0. The van der Waals surface area contributed by atoms with Crippen LogP contribution in [-0.2, 0) is 41.5 Å². The Morgan fingerprint density at radius 2 is 1.82 bits per heavy atom. The quantitative estimate of drug-likeness (QED) is 0.0882. The summed E-state index contributed by atoms with van der Waals surface area (Å²) in [7, 11) is 0.872. The number of aromatic nitrogens is 2. The fraction of sp³-hybridized carbons (Fsp3) is 0.680. The van der Waals surface area contributed by atoms with Crippen LogP contribution in [0.25, 0.3) is 22.2 Å². The zero-order chi connectivity index (χ0) is 47.4. The highest BCUT2D eigenvalue weighted by molar-refractivity contribution is 8.32. The molecule has 7 rings (SSSR count). The molecule has 1 aromatic carbocycles. The number of anilines is 2. The zero-order valence-electron chi connectivity index (χ0n) is 41.1. The number of nitrogens with zero attached hydrogens (tertiary/aromatic N) is 6. The maximum absolute atomic E-state index is 13.1. The monoisotopic (exact) mass is 936 g/mol. The SMILES string of the molecule is CCn1c(-c2cc(N3CCN(C4CC4)CC3)cnc2C(C)OC)c(CC(C)(C)COC(C)=O)c2cc(N(CCO)CCC(C(C=O)NC(=O)OCCS(C)(C)C)N3CC4(COC4)C3)ccc21. The lowest BCUT2D eigenvalue weighted by Gasteiger charge is -2.58. The molecule has 366 valence electrons. The van der Waals surface area contributed by atoms with Gasteiger partial charge in [0, 0.05) is 124 Å². The number of fused-ring (bicyclic) bond motifs is 1. The van der Waals surface area contributed by atoms with E-state index in [9.17, 15) is 19.5 Å². The van der Waals surface area contributed by atoms with E-state index in [1.165, 1.54) is 19.8 Å². The van der Waals surface area contributed by atoms with Crippen molar-refractivity contribution in [1.29, 1.82) is 0 Å². The zero-order valence-corrected chi connectivity index (χ0v) is 41.9. The number of hydrogen-bond acceptors (Lipinski definition) is 13. The average molecular weight is 936 g/mol. The van der Waals surface area contributed by atoms with Crippen LogP contribution in [0, 0.1) is 10.8 Å². The van der Waals surface area contributed by atoms with E-state index in [2.05, 4.69) is 93.3 Å². The lowest BCUT2D eigenvalue weighted by molar-refractivity contribution is -0.200. The molecular formula is C50H77N7O8S. The van der Waals surface area contributed by atoms with Crippen molar-refractivity contribution in [3.8, 4) is 11.3 Å². The van der Waals surface area contributed by atoms with E-state index in [-0.39, 0.29) is 36.7 Å². The number of aliphatic hydroxyl groups is 1. The van der Waals surface area contributed by atoms with Crippen molar-refractivity contribution < 1.29 is 38.4 Å². The van der Waals surface area contributed by atoms with Gasteiger partial charge in [-0.05, 0) is 88.1 Å². The molecule has 1 spiro atoms. The number of piperazine rings is 1. The predicted octanol–water partition coefficient (Wildman–Crippen LogP) is 5.72. The third-order valence-electron chi connectivity index (χ3n) is 14.0. The van der Waals surface area contributed by atoms with Gasteiger partial charge in [-0.15, -0.1) is 0 Å². The Bertz CT molecular complexity index is 2150. The van der Waals surface area contributed by atoms with Crippen LogP contribution in [0.2, 0.25) is 0 Å². The molecule has 3 aromatic rings. The number of rotatable bonds is 23. The van der Waals surface area contributed by atoms with Crippen molar-refractivity contribution in [3.05, 3.63) is 41.7 Å². The number of nitrogens with one attached hydrogen (secondary N) is 1. The fourth-order valence-corrected chi connectivity index (χ4v) is 10.7. The topological polar surface area (TPSA) is 151 Å². The second-order valence-corrected chi connectivity index (χ2v) is 25.4. The van der Waals surface area contributed by atoms with Crippen LogP contribution in [0.1, 0.15) is 71.2 Å². The van der Waals surface area contributed by atoms with E-state index in [4.69, 9.17) is 23.9 Å². The number of benzene rings is 1. The van der Waals surface area contributed by atoms with Gasteiger partial charge in [0.2, 0.25) is 0 Å². The number of ether oxygens (including phenoxy) is 4. The molecule has 3 unspecified atom stereocenters. The van der Waals surface area contributed by atoms with Gasteiger partial charge in [-0.25, -0.2) is 14.8 Å². The number of alkyl carbamates (subject to hydrolysis) is 1. The summed E-state index contributed by atoms with van der Waals surface area (Å²) in [6, 6.07) is 8.51. The van der Waals surface area contributed by atoms with Crippen LogP contribution in [0.5, 0.6) is 0 Å². The number of carbonyl (C=O) groups excluding carboxylic acids is 3. The minimum absolute atomic E-state index is 0.0700. The van der Waals surface area contributed by atoms with Gasteiger partial charge < -0.3 is 48.5 Å². The van der Waals surface area contributed by atoms with Gasteiger partial charge in [0.15, 0.2) is 0 Å². The molecule has 2 N–H and O–H groups in total. The maximum atomic E-state index is 13.1. The van der Waals surface area contributed by atoms with E-state index in [1.54, 1.807) is 7.11 Å². The van der Waals surface area contributed by atoms with Crippen molar-refractivity contribution in [2.75, 3.05) is 127 Å². The summed E-state index contributed by atoms with van der Waals surface area (Å²) in [6.45, 7) is 19.0. The van der Waals surface area contributed by atoms with Crippen molar-refractivity contribution in [1.82, 2.24) is 24.7 Å². The first-order chi connectivity index (χ1) is 31.5. The summed E-state index contributed by atoms with van der Waals surface area (Å²) in [5, 5.41) is 14.5. The highest BCUT2D eigenvalue weighted by Crippen LogP contribution is 2.44. The number of esters is 1.